The highest BCUT2D eigenvalue weighted by Crippen LogP contribution is 2.57. The number of hydrogen-bond acceptors (Lipinski definition) is 1. The molecule has 2 aliphatic carbocycles. The molecule has 0 aromatic rings. The maximum Gasteiger partial charge on any atom is 0.0692 e. The monoisotopic (exact) mass is 177 g/mol. The smallest absolute Gasteiger partial charge is 0.0692 e. The standard InChI is InChI=1S/C12H19N/c1-2-3-6-12(9-13)8-10-4-5-11(12)7-10/h10-11H,2-8H2,1H3. The van der Waals surface area contributed by atoms with E-state index in [1.807, 2.05) is 0 Å². The van der Waals surface area contributed by atoms with Gasteiger partial charge in [0.15, 0.2) is 0 Å². The average Bonchev–Trinajstić information content (AvgIpc) is 2.74. The van der Waals surface area contributed by atoms with Crippen LogP contribution in [0.4, 0.5) is 0 Å². The molecular weight excluding hydrogens is 158 g/mol. The van der Waals surface area contributed by atoms with E-state index in [9.17, 15) is 5.26 Å². The molecule has 3 atom stereocenters. The minimum absolute atomic E-state index is 0.110. The Balaban J connectivity index is 2.05. The van der Waals surface area contributed by atoms with E-state index < -0.39 is 0 Å². The highest BCUT2D eigenvalue weighted by Gasteiger charge is 2.50. The minimum atomic E-state index is 0.110. The average molecular weight is 177 g/mol. The first-order valence-electron chi connectivity index (χ1n) is 5.72. The van der Waals surface area contributed by atoms with Gasteiger partial charge in [0, 0.05) is 0 Å². The van der Waals surface area contributed by atoms with Crippen LogP contribution >= 0.6 is 0 Å². The first-order chi connectivity index (χ1) is 6.30. The second-order valence-corrected chi connectivity index (χ2v) is 4.95. The van der Waals surface area contributed by atoms with Crippen LogP contribution in [0, 0.1) is 28.6 Å². The van der Waals surface area contributed by atoms with Gasteiger partial charge >= 0.3 is 0 Å². The van der Waals surface area contributed by atoms with Crippen molar-refractivity contribution in [2.75, 3.05) is 0 Å². The summed E-state index contributed by atoms with van der Waals surface area (Å²) in [7, 11) is 0. The Morgan fingerprint density at radius 2 is 2.31 bits per heavy atom. The quantitative estimate of drug-likeness (QED) is 0.647. The largest absolute Gasteiger partial charge is 0.198 e. The van der Waals surface area contributed by atoms with Crippen molar-refractivity contribution in [1.29, 1.82) is 5.26 Å². The summed E-state index contributed by atoms with van der Waals surface area (Å²) < 4.78 is 0. The molecule has 0 amide bonds. The van der Waals surface area contributed by atoms with Crippen molar-refractivity contribution in [2.24, 2.45) is 17.3 Å². The number of hydrogen-bond donors (Lipinski definition) is 0. The lowest BCUT2D eigenvalue weighted by molar-refractivity contribution is 0.218. The molecule has 2 rings (SSSR count). The van der Waals surface area contributed by atoms with Crippen LogP contribution in [-0.2, 0) is 0 Å². The van der Waals surface area contributed by atoms with Gasteiger partial charge in [-0.2, -0.15) is 5.26 Å². The molecule has 0 N–H and O–H groups in total. The zero-order valence-electron chi connectivity index (χ0n) is 8.55. The third-order valence-corrected chi connectivity index (χ3v) is 4.17. The van der Waals surface area contributed by atoms with Crippen LogP contribution in [0.5, 0.6) is 0 Å². The first-order valence-corrected chi connectivity index (χ1v) is 5.72. The predicted octanol–water partition coefficient (Wildman–Crippen LogP) is 3.51. The molecule has 13 heavy (non-hydrogen) atoms. The van der Waals surface area contributed by atoms with E-state index >= 15 is 0 Å². The molecular formula is C12H19N. The molecule has 1 heteroatoms. The van der Waals surface area contributed by atoms with Gasteiger partial charge in [-0.15, -0.1) is 0 Å². The van der Waals surface area contributed by atoms with E-state index in [-0.39, 0.29) is 5.41 Å². The number of nitrogens with zero attached hydrogens (tertiary/aromatic N) is 1. The fraction of sp³-hybridized carbons (Fsp3) is 0.917. The highest BCUT2D eigenvalue weighted by atomic mass is 14.5. The Morgan fingerprint density at radius 3 is 2.77 bits per heavy atom. The number of nitriles is 1. The van der Waals surface area contributed by atoms with Gasteiger partial charge in [-0.1, -0.05) is 26.2 Å². The van der Waals surface area contributed by atoms with Gasteiger partial charge < -0.3 is 0 Å². The third kappa shape index (κ3) is 1.37. The van der Waals surface area contributed by atoms with Crippen molar-refractivity contribution in [3.63, 3.8) is 0 Å². The molecule has 2 fully saturated rings. The number of unbranched alkanes of at least 4 members (excludes halogenated alkanes) is 1. The van der Waals surface area contributed by atoms with Crippen molar-refractivity contribution in [3.05, 3.63) is 0 Å². The molecule has 3 unspecified atom stereocenters. The molecule has 0 aromatic carbocycles. The van der Waals surface area contributed by atoms with Crippen molar-refractivity contribution in [2.45, 2.75) is 51.9 Å². The van der Waals surface area contributed by atoms with E-state index in [4.69, 9.17) is 0 Å². The number of fused-ring (bicyclic) bond motifs is 2. The fourth-order valence-electron chi connectivity index (χ4n) is 3.44. The van der Waals surface area contributed by atoms with Crippen molar-refractivity contribution >= 4 is 0 Å². The lowest BCUT2D eigenvalue weighted by Crippen LogP contribution is -2.25. The van der Waals surface area contributed by atoms with Crippen LogP contribution in [-0.4, -0.2) is 0 Å². The van der Waals surface area contributed by atoms with Gasteiger partial charge in [-0.25, -0.2) is 0 Å². The topological polar surface area (TPSA) is 23.8 Å². The van der Waals surface area contributed by atoms with E-state index in [0.717, 1.165) is 11.8 Å². The van der Waals surface area contributed by atoms with Crippen LogP contribution in [0.15, 0.2) is 0 Å². The van der Waals surface area contributed by atoms with Crippen molar-refractivity contribution < 1.29 is 0 Å². The molecule has 0 saturated heterocycles. The molecule has 2 bridgehead atoms. The third-order valence-electron chi connectivity index (χ3n) is 4.17. The van der Waals surface area contributed by atoms with Crippen molar-refractivity contribution in [3.8, 4) is 6.07 Å². The zero-order valence-corrected chi connectivity index (χ0v) is 8.55. The molecule has 0 aliphatic heterocycles. The molecule has 0 heterocycles. The summed E-state index contributed by atoms with van der Waals surface area (Å²) >= 11 is 0. The second-order valence-electron chi connectivity index (χ2n) is 4.95. The van der Waals surface area contributed by atoms with Gasteiger partial charge in [0.05, 0.1) is 11.5 Å². The Bertz CT molecular complexity index is 228. The lowest BCUT2D eigenvalue weighted by Gasteiger charge is -2.30. The minimum Gasteiger partial charge on any atom is -0.198 e. The van der Waals surface area contributed by atoms with Crippen LogP contribution in [0.2, 0.25) is 0 Å². The summed E-state index contributed by atoms with van der Waals surface area (Å²) in [5, 5.41) is 9.32. The number of rotatable bonds is 3. The summed E-state index contributed by atoms with van der Waals surface area (Å²) in [6.07, 6.45) is 8.96. The summed E-state index contributed by atoms with van der Waals surface area (Å²) in [4.78, 5) is 0. The summed E-state index contributed by atoms with van der Waals surface area (Å²) in [5.74, 6) is 1.66. The maximum atomic E-state index is 9.32. The second kappa shape index (κ2) is 3.33. The molecule has 0 radical (unpaired) electrons. The van der Waals surface area contributed by atoms with E-state index in [1.54, 1.807) is 0 Å². The molecule has 1 nitrogen and oxygen atoms in total. The van der Waals surface area contributed by atoms with E-state index in [1.165, 1.54) is 44.9 Å². The fourth-order valence-corrected chi connectivity index (χ4v) is 3.44. The van der Waals surface area contributed by atoms with Gasteiger partial charge in [0.1, 0.15) is 0 Å². The van der Waals surface area contributed by atoms with E-state index in [0.29, 0.717) is 0 Å². The van der Waals surface area contributed by atoms with Crippen LogP contribution in [0.3, 0.4) is 0 Å². The summed E-state index contributed by atoms with van der Waals surface area (Å²) in [6.45, 7) is 2.22. The van der Waals surface area contributed by atoms with Crippen molar-refractivity contribution in [1.82, 2.24) is 0 Å². The Kier molecular flexibility index (Phi) is 2.32. The van der Waals surface area contributed by atoms with Crippen LogP contribution in [0.1, 0.15) is 51.9 Å². The molecule has 0 aromatic heterocycles. The van der Waals surface area contributed by atoms with Crippen LogP contribution in [0.25, 0.3) is 0 Å². The van der Waals surface area contributed by atoms with E-state index in [2.05, 4.69) is 13.0 Å². The first kappa shape index (κ1) is 9.06. The molecule has 2 aliphatic rings. The highest BCUT2D eigenvalue weighted by molar-refractivity contribution is 5.11. The maximum absolute atomic E-state index is 9.32. The Labute approximate surface area is 81.1 Å². The predicted molar refractivity (Wildman–Crippen MR) is 53.0 cm³/mol. The van der Waals surface area contributed by atoms with Crippen LogP contribution < -0.4 is 0 Å². The zero-order chi connectivity index (χ0) is 9.31. The van der Waals surface area contributed by atoms with Gasteiger partial charge in [0.25, 0.3) is 0 Å². The summed E-state index contributed by atoms with van der Waals surface area (Å²) in [5.41, 5.74) is 0.110. The normalized spacial score (nSPS) is 42.2. The molecule has 0 spiro atoms. The Hall–Kier alpha value is -0.510. The molecule has 2 saturated carbocycles. The Morgan fingerprint density at radius 1 is 1.46 bits per heavy atom. The van der Waals surface area contributed by atoms with Gasteiger partial charge in [-0.05, 0) is 37.5 Å². The van der Waals surface area contributed by atoms with Gasteiger partial charge in [0.2, 0.25) is 0 Å². The summed E-state index contributed by atoms with van der Waals surface area (Å²) in [6, 6.07) is 2.64. The molecule has 72 valence electrons. The lowest BCUT2D eigenvalue weighted by atomic mass is 9.71. The SMILES string of the molecule is CCCCC1(C#N)CC2CCC1C2. The van der Waals surface area contributed by atoms with Gasteiger partial charge in [-0.3, -0.25) is 0 Å².